The van der Waals surface area contributed by atoms with Crippen molar-refractivity contribution in [1.82, 2.24) is 0 Å². The quantitative estimate of drug-likeness (QED) is 0.606. The summed E-state index contributed by atoms with van der Waals surface area (Å²) in [5, 5.41) is 12.6. The molecular weight excluding hydrogens is 324 g/mol. The highest BCUT2D eigenvalue weighted by atomic mass is 28.4. The van der Waals surface area contributed by atoms with E-state index in [-0.39, 0.29) is 11.0 Å². The lowest BCUT2D eigenvalue weighted by Gasteiger charge is -2.43. The van der Waals surface area contributed by atoms with Gasteiger partial charge in [0.1, 0.15) is 0 Å². The summed E-state index contributed by atoms with van der Waals surface area (Å²) < 4.78 is 6.78. The van der Waals surface area contributed by atoms with Gasteiger partial charge in [0.2, 0.25) is 0 Å². The summed E-state index contributed by atoms with van der Waals surface area (Å²) in [4.78, 5) is 0. The zero-order valence-corrected chi connectivity index (χ0v) is 16.8. The first kappa shape index (κ1) is 19.6. The van der Waals surface area contributed by atoms with Crippen LogP contribution >= 0.6 is 0 Å². The SMILES string of the molecule is C=CC(O)[C@H](C)CO[Si](c1ccccc1)(c1ccccc1)C(C)(C)C. The molecule has 0 heterocycles. The van der Waals surface area contributed by atoms with Gasteiger partial charge in [-0.2, -0.15) is 0 Å². The summed E-state index contributed by atoms with van der Waals surface area (Å²) in [5.41, 5.74) is 0. The third kappa shape index (κ3) is 4.11. The van der Waals surface area contributed by atoms with Gasteiger partial charge >= 0.3 is 0 Å². The van der Waals surface area contributed by atoms with E-state index in [1.807, 2.05) is 19.1 Å². The van der Waals surface area contributed by atoms with Crippen molar-refractivity contribution in [2.24, 2.45) is 5.92 Å². The zero-order valence-electron chi connectivity index (χ0n) is 15.8. The van der Waals surface area contributed by atoms with Gasteiger partial charge in [0.05, 0.1) is 6.10 Å². The molecule has 0 saturated heterocycles. The van der Waals surface area contributed by atoms with E-state index >= 15 is 0 Å². The number of aliphatic hydroxyl groups is 1. The van der Waals surface area contributed by atoms with Gasteiger partial charge in [-0.05, 0) is 15.4 Å². The third-order valence-electron chi connectivity index (χ3n) is 4.80. The van der Waals surface area contributed by atoms with Crippen LogP contribution in [-0.2, 0) is 4.43 Å². The number of hydrogen-bond acceptors (Lipinski definition) is 2. The molecule has 2 aromatic carbocycles. The molecule has 2 rings (SSSR count). The van der Waals surface area contributed by atoms with Crippen molar-refractivity contribution in [3.8, 4) is 0 Å². The molecule has 3 heteroatoms. The van der Waals surface area contributed by atoms with Crippen LogP contribution in [0.5, 0.6) is 0 Å². The van der Waals surface area contributed by atoms with Crippen molar-refractivity contribution in [2.45, 2.75) is 38.8 Å². The third-order valence-corrected chi connectivity index (χ3v) is 9.81. The Morgan fingerprint density at radius 1 is 1.00 bits per heavy atom. The monoisotopic (exact) mass is 354 g/mol. The average Bonchev–Trinajstić information content (AvgIpc) is 2.62. The van der Waals surface area contributed by atoms with Gasteiger partial charge in [-0.1, -0.05) is 94.4 Å². The Kier molecular flexibility index (Phi) is 6.39. The first-order valence-electron chi connectivity index (χ1n) is 8.88. The second kappa shape index (κ2) is 8.13. The highest BCUT2D eigenvalue weighted by molar-refractivity contribution is 6.99. The van der Waals surface area contributed by atoms with E-state index in [4.69, 9.17) is 4.43 Å². The fourth-order valence-corrected chi connectivity index (χ4v) is 8.02. The first-order chi connectivity index (χ1) is 11.8. The van der Waals surface area contributed by atoms with Crippen LogP contribution in [0.2, 0.25) is 5.04 Å². The van der Waals surface area contributed by atoms with Gasteiger partial charge in [0.15, 0.2) is 0 Å². The Balaban J connectivity index is 2.55. The Morgan fingerprint density at radius 2 is 1.44 bits per heavy atom. The molecule has 0 amide bonds. The fraction of sp³-hybridized carbons (Fsp3) is 0.364. The van der Waals surface area contributed by atoms with Crippen LogP contribution in [0.1, 0.15) is 27.7 Å². The molecule has 0 aliphatic heterocycles. The molecule has 0 saturated carbocycles. The zero-order chi connectivity index (χ0) is 18.5. The summed E-state index contributed by atoms with van der Waals surface area (Å²) in [6.45, 7) is 13.0. The number of aliphatic hydroxyl groups excluding tert-OH is 1. The van der Waals surface area contributed by atoms with Crippen molar-refractivity contribution >= 4 is 18.7 Å². The molecule has 2 aromatic rings. The van der Waals surface area contributed by atoms with Gasteiger partial charge in [0, 0.05) is 12.5 Å². The van der Waals surface area contributed by atoms with Gasteiger partial charge in [-0.3, -0.25) is 0 Å². The van der Waals surface area contributed by atoms with E-state index in [0.29, 0.717) is 6.61 Å². The van der Waals surface area contributed by atoms with Gasteiger partial charge < -0.3 is 9.53 Å². The molecule has 0 fully saturated rings. The largest absolute Gasteiger partial charge is 0.407 e. The average molecular weight is 355 g/mol. The Hall–Kier alpha value is -1.68. The number of rotatable bonds is 7. The second-order valence-corrected chi connectivity index (χ2v) is 12.0. The van der Waals surface area contributed by atoms with Crippen LogP contribution in [0.3, 0.4) is 0 Å². The summed E-state index contributed by atoms with van der Waals surface area (Å²) in [7, 11) is -2.52. The van der Waals surface area contributed by atoms with Crippen molar-refractivity contribution in [3.05, 3.63) is 73.3 Å². The smallest absolute Gasteiger partial charge is 0.261 e. The van der Waals surface area contributed by atoms with Crippen molar-refractivity contribution in [3.63, 3.8) is 0 Å². The summed E-state index contributed by atoms with van der Waals surface area (Å²) >= 11 is 0. The lowest BCUT2D eigenvalue weighted by molar-refractivity contribution is 0.117. The van der Waals surface area contributed by atoms with Gasteiger partial charge in [-0.15, -0.1) is 6.58 Å². The minimum absolute atomic E-state index is 0.000788. The fourth-order valence-electron chi connectivity index (χ4n) is 3.35. The summed E-state index contributed by atoms with van der Waals surface area (Å²) in [6.07, 6.45) is 1.03. The van der Waals surface area contributed by atoms with Gasteiger partial charge in [0.25, 0.3) is 8.32 Å². The Morgan fingerprint density at radius 3 is 1.80 bits per heavy atom. The predicted molar refractivity (Wildman–Crippen MR) is 109 cm³/mol. The molecule has 0 aliphatic rings. The van der Waals surface area contributed by atoms with Crippen molar-refractivity contribution in [1.29, 1.82) is 0 Å². The van der Waals surface area contributed by atoms with E-state index in [1.165, 1.54) is 10.4 Å². The summed E-state index contributed by atoms with van der Waals surface area (Å²) in [6, 6.07) is 21.1. The van der Waals surface area contributed by atoms with Gasteiger partial charge in [-0.25, -0.2) is 0 Å². The lowest BCUT2D eigenvalue weighted by atomic mass is 10.1. The van der Waals surface area contributed by atoms with E-state index in [9.17, 15) is 5.11 Å². The van der Waals surface area contributed by atoms with Crippen LogP contribution in [0.15, 0.2) is 73.3 Å². The Labute approximate surface area is 153 Å². The maximum Gasteiger partial charge on any atom is 0.261 e. The molecule has 1 unspecified atom stereocenters. The van der Waals surface area contributed by atoms with E-state index in [0.717, 1.165) is 0 Å². The molecule has 2 atom stereocenters. The predicted octanol–water partition coefficient (Wildman–Crippen LogP) is 3.75. The van der Waals surface area contributed by atoms with Crippen LogP contribution < -0.4 is 10.4 Å². The lowest BCUT2D eigenvalue weighted by Crippen LogP contribution is -2.67. The molecule has 0 aliphatic carbocycles. The molecule has 2 nitrogen and oxygen atoms in total. The molecule has 0 aromatic heterocycles. The highest BCUT2D eigenvalue weighted by Gasteiger charge is 2.50. The van der Waals surface area contributed by atoms with Crippen LogP contribution in [0, 0.1) is 5.92 Å². The van der Waals surface area contributed by atoms with Crippen LogP contribution in [0.4, 0.5) is 0 Å². The minimum Gasteiger partial charge on any atom is -0.407 e. The minimum atomic E-state index is -2.52. The molecule has 0 radical (unpaired) electrons. The van der Waals surface area contributed by atoms with E-state index < -0.39 is 14.4 Å². The first-order valence-corrected chi connectivity index (χ1v) is 10.8. The topological polar surface area (TPSA) is 29.5 Å². The maximum absolute atomic E-state index is 10.1. The highest BCUT2D eigenvalue weighted by Crippen LogP contribution is 2.37. The normalized spacial score (nSPS) is 14.8. The van der Waals surface area contributed by atoms with Crippen molar-refractivity contribution < 1.29 is 9.53 Å². The Bertz CT molecular complexity index is 622. The van der Waals surface area contributed by atoms with Crippen LogP contribution in [0.25, 0.3) is 0 Å². The molecular formula is C22H30O2Si. The maximum atomic E-state index is 10.1. The second-order valence-electron chi connectivity index (χ2n) is 7.68. The molecule has 25 heavy (non-hydrogen) atoms. The molecule has 1 N–H and O–H groups in total. The standard InChI is InChI=1S/C22H30O2Si/c1-6-21(23)18(2)17-24-25(22(3,4)5,19-13-9-7-10-14-19)20-15-11-8-12-16-20/h6-16,18,21,23H,1,17H2,2-5H3/t18-,21?/m1/s1. The summed E-state index contributed by atoms with van der Waals surface area (Å²) in [5.74, 6) is -0.000788. The van der Waals surface area contributed by atoms with Crippen molar-refractivity contribution in [2.75, 3.05) is 6.61 Å². The molecule has 134 valence electrons. The van der Waals surface area contributed by atoms with E-state index in [1.54, 1.807) is 6.08 Å². The number of benzene rings is 2. The molecule has 0 bridgehead atoms. The van der Waals surface area contributed by atoms with Crippen LogP contribution in [-0.4, -0.2) is 26.1 Å². The molecule has 0 spiro atoms. The van der Waals surface area contributed by atoms with E-state index in [2.05, 4.69) is 75.9 Å². The number of hydrogen-bond donors (Lipinski definition) is 1.